The van der Waals surface area contributed by atoms with Gasteiger partial charge >= 0.3 is 17.4 Å². The number of nitriles is 1. The number of nitrogens with zero attached hydrogens (tertiary/aromatic N) is 3. The summed E-state index contributed by atoms with van der Waals surface area (Å²) >= 11 is 5.73. The highest BCUT2D eigenvalue weighted by Crippen LogP contribution is 2.35. The van der Waals surface area contributed by atoms with Crippen molar-refractivity contribution in [2.45, 2.75) is 63.8 Å². The zero-order valence-corrected chi connectivity index (χ0v) is 18.5. The molecule has 2 atom stereocenters. The molecule has 0 bridgehead atoms. The summed E-state index contributed by atoms with van der Waals surface area (Å²) in [6.45, 7) is 4.80. The number of ether oxygens (including phenoxy) is 1. The first-order chi connectivity index (χ1) is 14.5. The number of hydrogen-bond donors (Lipinski definition) is 1. The molecule has 0 aromatic heterocycles. The fraction of sp³-hybridized carbons (Fsp3) is 0.524. The van der Waals surface area contributed by atoms with Gasteiger partial charge in [-0.25, -0.2) is 14.7 Å². The molecule has 2 amide bonds. The molecule has 0 aliphatic carbocycles. The van der Waals surface area contributed by atoms with Crippen molar-refractivity contribution in [3.05, 3.63) is 35.9 Å². The van der Waals surface area contributed by atoms with Gasteiger partial charge in [0.05, 0.1) is 18.5 Å². The molecular formula is C21H26ClN3O6. The maximum absolute atomic E-state index is 12.9. The van der Waals surface area contributed by atoms with E-state index < -0.39 is 41.0 Å². The van der Waals surface area contributed by atoms with Crippen LogP contribution in [-0.4, -0.2) is 56.2 Å². The second-order valence-corrected chi connectivity index (χ2v) is 8.62. The summed E-state index contributed by atoms with van der Waals surface area (Å²) < 4.78 is 5.38. The standard InChI is InChI=1S/C21H26ClN3O6/c1-20(2,3)31-19(29)24-13-16(9-10-21(24,11-12-23)17(26)27)25(18(22)28)30-14-15-7-5-4-6-8-15/h4-8,16H,9-11,13-14H2,1-3H3,(H,26,27)/t16-,21+/m1/s1. The monoisotopic (exact) mass is 451 g/mol. The number of carbonyl (C=O) groups excluding carboxylic acids is 2. The van der Waals surface area contributed by atoms with Gasteiger partial charge in [0.1, 0.15) is 12.2 Å². The lowest BCUT2D eigenvalue weighted by atomic mass is 9.82. The average Bonchev–Trinajstić information content (AvgIpc) is 2.68. The molecule has 1 N–H and O–H groups in total. The lowest BCUT2D eigenvalue weighted by Crippen LogP contribution is -2.65. The molecule has 31 heavy (non-hydrogen) atoms. The maximum atomic E-state index is 12.9. The number of carboxylic acids is 1. The molecule has 1 aromatic rings. The average molecular weight is 452 g/mol. The summed E-state index contributed by atoms with van der Waals surface area (Å²) in [6.07, 6.45) is -1.22. The van der Waals surface area contributed by atoms with Gasteiger partial charge in [-0.3, -0.25) is 14.5 Å². The highest BCUT2D eigenvalue weighted by molar-refractivity contribution is 6.62. The Morgan fingerprint density at radius 3 is 2.48 bits per heavy atom. The van der Waals surface area contributed by atoms with Crippen molar-refractivity contribution in [1.29, 1.82) is 5.26 Å². The van der Waals surface area contributed by atoms with Crippen LogP contribution in [0, 0.1) is 11.3 Å². The minimum absolute atomic E-state index is 0.0600. The Kier molecular flexibility index (Phi) is 7.87. The smallest absolute Gasteiger partial charge is 0.411 e. The number of hydrogen-bond acceptors (Lipinski definition) is 6. The zero-order valence-electron chi connectivity index (χ0n) is 17.7. The van der Waals surface area contributed by atoms with Crippen LogP contribution >= 0.6 is 11.6 Å². The van der Waals surface area contributed by atoms with Gasteiger partial charge in [0.15, 0.2) is 5.54 Å². The van der Waals surface area contributed by atoms with Crippen molar-refractivity contribution in [2.75, 3.05) is 6.54 Å². The Morgan fingerprint density at radius 2 is 1.97 bits per heavy atom. The second kappa shape index (κ2) is 9.98. The molecule has 1 saturated heterocycles. The van der Waals surface area contributed by atoms with Crippen LogP contribution in [0.4, 0.5) is 9.59 Å². The van der Waals surface area contributed by atoms with Crippen molar-refractivity contribution in [3.63, 3.8) is 0 Å². The molecule has 1 aliphatic rings. The molecule has 0 radical (unpaired) electrons. The van der Waals surface area contributed by atoms with Gasteiger partial charge in [-0.2, -0.15) is 5.26 Å². The fourth-order valence-electron chi connectivity index (χ4n) is 3.41. The Morgan fingerprint density at radius 1 is 1.32 bits per heavy atom. The summed E-state index contributed by atoms with van der Waals surface area (Å²) in [6, 6.07) is 10.2. The van der Waals surface area contributed by atoms with Crippen LogP contribution in [0.2, 0.25) is 0 Å². The summed E-state index contributed by atoms with van der Waals surface area (Å²) in [5.74, 6) is -1.31. The molecule has 1 aromatic carbocycles. The third-order valence-electron chi connectivity index (χ3n) is 4.90. The van der Waals surface area contributed by atoms with Crippen molar-refractivity contribution < 1.29 is 29.1 Å². The van der Waals surface area contributed by atoms with Gasteiger partial charge in [0.2, 0.25) is 0 Å². The number of benzene rings is 1. The van der Waals surface area contributed by atoms with Crippen molar-refractivity contribution >= 4 is 29.0 Å². The van der Waals surface area contributed by atoms with Gasteiger partial charge < -0.3 is 9.84 Å². The molecule has 10 heteroatoms. The largest absolute Gasteiger partial charge is 0.479 e. The Bertz CT molecular complexity index is 851. The molecule has 0 saturated carbocycles. The van der Waals surface area contributed by atoms with Gasteiger partial charge in [0, 0.05) is 6.54 Å². The highest BCUT2D eigenvalue weighted by Gasteiger charge is 2.53. The van der Waals surface area contributed by atoms with E-state index in [-0.39, 0.29) is 26.0 Å². The molecule has 0 spiro atoms. The van der Waals surface area contributed by atoms with E-state index in [0.29, 0.717) is 0 Å². The van der Waals surface area contributed by atoms with Crippen molar-refractivity contribution in [2.24, 2.45) is 0 Å². The van der Waals surface area contributed by atoms with E-state index in [1.807, 2.05) is 36.4 Å². The van der Waals surface area contributed by atoms with Gasteiger partial charge in [-0.15, -0.1) is 0 Å². The van der Waals surface area contributed by atoms with Crippen LogP contribution in [0.15, 0.2) is 30.3 Å². The summed E-state index contributed by atoms with van der Waals surface area (Å²) in [5.41, 5.74) is -1.85. The Balaban J connectivity index is 2.29. The molecule has 9 nitrogen and oxygen atoms in total. The van der Waals surface area contributed by atoms with E-state index >= 15 is 0 Å². The number of rotatable bonds is 6. The SMILES string of the molecule is CC(C)(C)OC(=O)N1C[C@H](N(OCc2ccccc2)C(=O)Cl)CC[C@]1(CC#N)C(=O)O. The summed E-state index contributed by atoms with van der Waals surface area (Å²) in [4.78, 5) is 43.7. The first-order valence-electron chi connectivity index (χ1n) is 9.76. The number of carbonyl (C=O) groups is 3. The number of hydroxylamine groups is 2. The number of halogens is 1. The molecule has 1 fully saturated rings. The summed E-state index contributed by atoms with van der Waals surface area (Å²) in [5, 5.41) is 19.2. The van der Waals surface area contributed by atoms with E-state index in [1.165, 1.54) is 0 Å². The van der Waals surface area contributed by atoms with E-state index in [2.05, 4.69) is 0 Å². The Labute approximate surface area is 186 Å². The first kappa shape index (κ1) is 24.4. The van der Waals surface area contributed by atoms with Gasteiger partial charge in [0.25, 0.3) is 0 Å². The predicted molar refractivity (Wildman–Crippen MR) is 111 cm³/mol. The van der Waals surface area contributed by atoms with Crippen LogP contribution in [0.5, 0.6) is 0 Å². The van der Waals surface area contributed by atoms with Gasteiger partial charge in [-0.05, 0) is 50.8 Å². The number of aliphatic carboxylic acids is 1. The number of piperidine rings is 1. The van der Waals surface area contributed by atoms with E-state index in [0.717, 1.165) is 15.5 Å². The van der Waals surface area contributed by atoms with E-state index in [4.69, 9.17) is 21.2 Å². The van der Waals surface area contributed by atoms with Crippen molar-refractivity contribution in [3.8, 4) is 6.07 Å². The second-order valence-electron chi connectivity index (χ2n) is 8.29. The fourth-order valence-corrected chi connectivity index (χ4v) is 3.59. The minimum Gasteiger partial charge on any atom is -0.479 e. The predicted octanol–water partition coefficient (Wildman–Crippen LogP) is 3.92. The van der Waals surface area contributed by atoms with Crippen molar-refractivity contribution in [1.82, 2.24) is 9.96 Å². The normalized spacial score (nSPS) is 21.1. The number of amides is 2. The van der Waals surface area contributed by atoms with E-state index in [1.54, 1.807) is 20.8 Å². The first-order valence-corrected chi connectivity index (χ1v) is 10.1. The van der Waals surface area contributed by atoms with Crippen LogP contribution in [0.25, 0.3) is 0 Å². The lowest BCUT2D eigenvalue weighted by molar-refractivity contribution is -0.175. The zero-order chi connectivity index (χ0) is 23.2. The Hall–Kier alpha value is -2.83. The topological polar surface area (TPSA) is 120 Å². The van der Waals surface area contributed by atoms with Crippen LogP contribution in [-0.2, 0) is 21.0 Å². The lowest BCUT2D eigenvalue weighted by Gasteiger charge is -2.47. The maximum Gasteiger partial charge on any atom is 0.411 e. The van der Waals surface area contributed by atoms with Crippen LogP contribution in [0.1, 0.15) is 45.6 Å². The third kappa shape index (κ3) is 6.09. The molecule has 1 aliphatic heterocycles. The molecule has 168 valence electrons. The summed E-state index contributed by atoms with van der Waals surface area (Å²) in [7, 11) is 0. The number of carboxylic acid groups (broad SMARTS) is 1. The molecular weight excluding hydrogens is 426 g/mol. The van der Waals surface area contributed by atoms with Gasteiger partial charge in [-0.1, -0.05) is 30.3 Å². The number of likely N-dealkylation sites (tertiary alicyclic amines) is 1. The molecule has 2 rings (SSSR count). The van der Waals surface area contributed by atoms with Crippen LogP contribution in [0.3, 0.4) is 0 Å². The quantitative estimate of drug-likeness (QED) is 0.395. The third-order valence-corrected chi connectivity index (χ3v) is 5.07. The van der Waals surface area contributed by atoms with E-state index in [9.17, 15) is 24.8 Å². The molecule has 1 heterocycles. The van der Waals surface area contributed by atoms with Crippen LogP contribution < -0.4 is 0 Å². The minimum atomic E-state index is -1.77. The highest BCUT2D eigenvalue weighted by atomic mass is 35.5. The molecule has 0 unspecified atom stereocenters.